The molecule has 1 aromatic rings. The molecule has 1 saturated heterocycles. The molecule has 1 aromatic carbocycles. The van der Waals surface area contributed by atoms with Gasteiger partial charge in [-0.3, -0.25) is 4.90 Å². The Hall–Kier alpha value is -2.13. The minimum Gasteiger partial charge on any atom is -0.446 e. The number of hydrogen-bond donors (Lipinski definition) is 1. The van der Waals surface area contributed by atoms with Crippen molar-refractivity contribution in [1.29, 1.82) is 5.26 Å². The average Bonchev–Trinajstić information content (AvgIpc) is 3.12. The van der Waals surface area contributed by atoms with Gasteiger partial charge in [-0.15, -0.1) is 0 Å². The van der Waals surface area contributed by atoms with Gasteiger partial charge in [-0.25, -0.2) is 9.18 Å². The van der Waals surface area contributed by atoms with Gasteiger partial charge in [0.1, 0.15) is 11.9 Å². The Balaban J connectivity index is 1.59. The van der Waals surface area contributed by atoms with Gasteiger partial charge in [0.2, 0.25) is 0 Å². The number of nitrogens with zero attached hydrogens (tertiary/aromatic N) is 2. The van der Waals surface area contributed by atoms with Gasteiger partial charge in [0.25, 0.3) is 0 Å². The van der Waals surface area contributed by atoms with Crippen LogP contribution in [0.4, 0.5) is 9.18 Å². The van der Waals surface area contributed by atoms with E-state index in [2.05, 4.69) is 11.0 Å². The SMILES string of the molecule is CC(OC(N)=O)[C@H]1CCN(C2CCC(C#N)(c3ccc(F)cc3)CC2)C1. The van der Waals surface area contributed by atoms with Crippen LogP contribution < -0.4 is 5.73 Å². The first kappa shape index (κ1) is 18.7. The maximum atomic E-state index is 13.2. The minimum atomic E-state index is -0.716. The Bertz CT molecular complexity index is 677. The van der Waals surface area contributed by atoms with Crippen molar-refractivity contribution < 1.29 is 13.9 Å². The predicted molar refractivity (Wildman–Crippen MR) is 95.8 cm³/mol. The molecule has 2 atom stereocenters. The summed E-state index contributed by atoms with van der Waals surface area (Å²) in [6.45, 7) is 3.78. The topological polar surface area (TPSA) is 79.3 Å². The van der Waals surface area contributed by atoms with Gasteiger partial charge in [-0.2, -0.15) is 5.26 Å². The van der Waals surface area contributed by atoms with E-state index in [0.717, 1.165) is 50.8 Å². The van der Waals surface area contributed by atoms with Crippen molar-refractivity contribution >= 4 is 6.09 Å². The normalized spacial score (nSPS) is 30.5. The van der Waals surface area contributed by atoms with Crippen molar-refractivity contribution in [1.82, 2.24) is 4.90 Å². The molecule has 1 amide bonds. The summed E-state index contributed by atoms with van der Waals surface area (Å²) in [6.07, 6.45) is 3.57. The molecule has 1 aliphatic heterocycles. The predicted octanol–water partition coefficient (Wildman–Crippen LogP) is 3.34. The number of benzene rings is 1. The van der Waals surface area contributed by atoms with Crippen molar-refractivity contribution in [2.45, 2.75) is 56.6 Å². The summed E-state index contributed by atoms with van der Waals surface area (Å²) >= 11 is 0. The van der Waals surface area contributed by atoms with Crippen LogP contribution in [0.1, 0.15) is 44.6 Å². The lowest BCUT2D eigenvalue weighted by Crippen LogP contribution is -2.41. The fourth-order valence-corrected chi connectivity index (χ4v) is 4.50. The van der Waals surface area contributed by atoms with Crippen molar-refractivity contribution in [3.05, 3.63) is 35.6 Å². The third-order valence-corrected chi connectivity index (χ3v) is 6.16. The molecule has 2 N–H and O–H groups in total. The summed E-state index contributed by atoms with van der Waals surface area (Å²) in [6, 6.07) is 9.31. The zero-order chi connectivity index (χ0) is 18.7. The van der Waals surface area contributed by atoms with Crippen molar-refractivity contribution in [3.8, 4) is 6.07 Å². The van der Waals surface area contributed by atoms with E-state index in [-0.39, 0.29) is 11.9 Å². The molecule has 140 valence electrons. The highest BCUT2D eigenvalue weighted by molar-refractivity contribution is 5.64. The quantitative estimate of drug-likeness (QED) is 0.894. The number of nitrogens with two attached hydrogens (primary N) is 1. The second-order valence-electron chi connectivity index (χ2n) is 7.62. The van der Waals surface area contributed by atoms with E-state index in [4.69, 9.17) is 10.5 Å². The largest absolute Gasteiger partial charge is 0.446 e. The van der Waals surface area contributed by atoms with Crippen molar-refractivity contribution in [2.75, 3.05) is 13.1 Å². The van der Waals surface area contributed by atoms with Gasteiger partial charge >= 0.3 is 6.09 Å². The zero-order valence-electron chi connectivity index (χ0n) is 15.2. The summed E-state index contributed by atoms with van der Waals surface area (Å²) < 4.78 is 18.3. The number of carbonyl (C=O) groups excluding carboxylic acids is 1. The lowest BCUT2D eigenvalue weighted by Gasteiger charge is -2.39. The third kappa shape index (κ3) is 3.83. The molecule has 1 saturated carbocycles. The molecule has 3 rings (SSSR count). The van der Waals surface area contributed by atoms with Gasteiger partial charge < -0.3 is 10.5 Å². The number of likely N-dealkylation sites (tertiary alicyclic amines) is 1. The molecule has 0 aromatic heterocycles. The van der Waals surface area contributed by atoms with Crippen LogP contribution in [-0.4, -0.2) is 36.2 Å². The summed E-state index contributed by atoms with van der Waals surface area (Å²) in [5.74, 6) is 0.0354. The molecule has 26 heavy (non-hydrogen) atoms. The summed E-state index contributed by atoms with van der Waals surface area (Å²) in [5, 5.41) is 9.80. The third-order valence-electron chi connectivity index (χ3n) is 6.16. The first-order chi connectivity index (χ1) is 12.4. The molecule has 1 heterocycles. The van der Waals surface area contributed by atoms with Gasteiger partial charge in [0.05, 0.1) is 11.5 Å². The minimum absolute atomic E-state index is 0.168. The molecular formula is C20H26FN3O2. The number of nitriles is 1. The summed E-state index contributed by atoms with van der Waals surface area (Å²) in [5.41, 5.74) is 5.53. The Morgan fingerprint density at radius 3 is 2.58 bits per heavy atom. The molecule has 2 fully saturated rings. The Morgan fingerprint density at radius 1 is 1.35 bits per heavy atom. The Kier molecular flexibility index (Phi) is 5.47. The van der Waals surface area contributed by atoms with Gasteiger partial charge in [-0.05, 0) is 63.3 Å². The monoisotopic (exact) mass is 359 g/mol. The fourth-order valence-electron chi connectivity index (χ4n) is 4.50. The molecule has 6 heteroatoms. The van der Waals surface area contributed by atoms with E-state index in [1.165, 1.54) is 12.1 Å². The van der Waals surface area contributed by atoms with Crippen LogP contribution in [0.5, 0.6) is 0 Å². The standard InChI is InChI=1S/C20H26FN3O2/c1-14(26-19(23)25)15-8-11-24(12-15)18-6-9-20(13-22,10-7-18)16-2-4-17(21)5-3-16/h2-5,14-15,18H,6-12H2,1H3,(H2,23,25)/t14?,15-,18?,20?/m0/s1. The molecule has 2 aliphatic rings. The highest BCUT2D eigenvalue weighted by Gasteiger charge is 2.40. The Morgan fingerprint density at radius 2 is 2.00 bits per heavy atom. The molecule has 0 bridgehead atoms. The summed E-state index contributed by atoms with van der Waals surface area (Å²) in [7, 11) is 0. The summed E-state index contributed by atoms with van der Waals surface area (Å²) in [4.78, 5) is 13.4. The van der Waals surface area contributed by atoms with Gasteiger partial charge in [0, 0.05) is 18.5 Å². The van der Waals surface area contributed by atoms with Gasteiger partial charge in [0.15, 0.2) is 0 Å². The molecule has 1 unspecified atom stereocenters. The molecule has 1 aliphatic carbocycles. The van der Waals surface area contributed by atoms with Crippen LogP contribution >= 0.6 is 0 Å². The number of amides is 1. The maximum absolute atomic E-state index is 13.2. The second-order valence-corrected chi connectivity index (χ2v) is 7.62. The van der Waals surface area contributed by atoms with Crippen LogP contribution in [0.3, 0.4) is 0 Å². The van der Waals surface area contributed by atoms with Crippen LogP contribution in [0, 0.1) is 23.1 Å². The van der Waals surface area contributed by atoms with Crippen LogP contribution in [0.15, 0.2) is 24.3 Å². The van der Waals surface area contributed by atoms with E-state index >= 15 is 0 Å². The van der Waals surface area contributed by atoms with E-state index in [1.54, 1.807) is 12.1 Å². The zero-order valence-corrected chi connectivity index (χ0v) is 15.2. The van der Waals surface area contributed by atoms with Crippen LogP contribution in [-0.2, 0) is 10.2 Å². The Labute approximate surface area is 153 Å². The lowest BCUT2D eigenvalue weighted by atomic mass is 9.69. The first-order valence-corrected chi connectivity index (χ1v) is 9.31. The lowest BCUT2D eigenvalue weighted by molar-refractivity contribution is 0.0767. The van der Waals surface area contributed by atoms with Crippen LogP contribution in [0.25, 0.3) is 0 Å². The van der Waals surface area contributed by atoms with Crippen LogP contribution in [0.2, 0.25) is 0 Å². The molecule has 0 spiro atoms. The fraction of sp³-hybridized carbons (Fsp3) is 0.600. The number of rotatable bonds is 4. The maximum Gasteiger partial charge on any atom is 0.404 e. The smallest absolute Gasteiger partial charge is 0.404 e. The molecule has 0 radical (unpaired) electrons. The number of halogens is 1. The van der Waals surface area contributed by atoms with Crippen molar-refractivity contribution in [2.24, 2.45) is 11.7 Å². The highest BCUT2D eigenvalue weighted by atomic mass is 19.1. The van der Waals surface area contributed by atoms with E-state index in [0.29, 0.717) is 12.0 Å². The highest BCUT2D eigenvalue weighted by Crippen LogP contribution is 2.41. The molecule has 5 nitrogen and oxygen atoms in total. The molecular weight excluding hydrogens is 333 g/mol. The number of hydrogen-bond acceptors (Lipinski definition) is 4. The van der Waals surface area contributed by atoms with E-state index < -0.39 is 11.5 Å². The number of carbonyl (C=O) groups is 1. The van der Waals surface area contributed by atoms with E-state index in [1.807, 2.05) is 6.92 Å². The van der Waals surface area contributed by atoms with E-state index in [9.17, 15) is 14.4 Å². The van der Waals surface area contributed by atoms with Gasteiger partial charge in [-0.1, -0.05) is 12.1 Å². The van der Waals surface area contributed by atoms with Crippen molar-refractivity contribution in [3.63, 3.8) is 0 Å². The average molecular weight is 359 g/mol. The number of ether oxygens (including phenoxy) is 1. The number of primary amides is 1. The first-order valence-electron chi connectivity index (χ1n) is 9.31. The second kappa shape index (κ2) is 7.63.